The minimum Gasteiger partial charge on any atom is -0.481 e. The minimum absolute atomic E-state index is 0.0275. The van der Waals surface area contributed by atoms with Crippen LogP contribution in [0.1, 0.15) is 46.5 Å². The maximum atomic E-state index is 12.9. The molecule has 0 radical (unpaired) electrons. The highest BCUT2D eigenvalue weighted by molar-refractivity contribution is 5.69. The SMILES string of the molecule is CCCC(C)(CC(CC)C(=O)O)C(F)(F)F. The molecule has 0 aliphatic rings. The molecule has 0 amide bonds. The Hall–Kier alpha value is -0.740. The average molecular weight is 240 g/mol. The van der Waals surface area contributed by atoms with Gasteiger partial charge in [-0.1, -0.05) is 27.2 Å². The zero-order valence-corrected chi connectivity index (χ0v) is 9.90. The third-order valence-electron chi connectivity index (χ3n) is 3.03. The van der Waals surface area contributed by atoms with Crippen LogP contribution >= 0.6 is 0 Å². The first-order chi connectivity index (χ1) is 7.18. The van der Waals surface area contributed by atoms with E-state index in [4.69, 9.17) is 5.11 Å². The Morgan fingerprint density at radius 3 is 2.06 bits per heavy atom. The van der Waals surface area contributed by atoms with Crippen molar-refractivity contribution in [3.63, 3.8) is 0 Å². The summed E-state index contributed by atoms with van der Waals surface area (Å²) in [5.74, 6) is -2.06. The number of aliphatic carboxylic acids is 1. The standard InChI is InChI=1S/C11H19F3O2/c1-4-6-10(3,11(12,13)14)7-8(5-2)9(15)16/h8H,4-7H2,1-3H3,(H,15,16). The summed E-state index contributed by atoms with van der Waals surface area (Å²) < 4.78 is 38.6. The van der Waals surface area contributed by atoms with Crippen molar-refractivity contribution in [2.75, 3.05) is 0 Å². The number of carboxylic acid groups (broad SMARTS) is 1. The van der Waals surface area contributed by atoms with Crippen molar-refractivity contribution in [1.29, 1.82) is 0 Å². The van der Waals surface area contributed by atoms with Gasteiger partial charge in [0.2, 0.25) is 0 Å². The van der Waals surface area contributed by atoms with Crippen molar-refractivity contribution in [3.05, 3.63) is 0 Å². The van der Waals surface area contributed by atoms with Gasteiger partial charge in [0.1, 0.15) is 0 Å². The van der Waals surface area contributed by atoms with E-state index in [1.54, 1.807) is 13.8 Å². The summed E-state index contributed by atoms with van der Waals surface area (Å²) in [5.41, 5.74) is -1.89. The Balaban J connectivity index is 4.86. The van der Waals surface area contributed by atoms with Gasteiger partial charge in [0.05, 0.1) is 11.3 Å². The van der Waals surface area contributed by atoms with Crippen LogP contribution in [0.5, 0.6) is 0 Å². The summed E-state index contributed by atoms with van der Waals surface area (Å²) in [6, 6.07) is 0. The maximum Gasteiger partial charge on any atom is 0.394 e. The second-order valence-electron chi connectivity index (χ2n) is 4.46. The van der Waals surface area contributed by atoms with Crippen LogP contribution in [0.15, 0.2) is 0 Å². The zero-order chi connectivity index (χ0) is 13.0. The summed E-state index contributed by atoms with van der Waals surface area (Å²) >= 11 is 0. The highest BCUT2D eigenvalue weighted by atomic mass is 19.4. The van der Waals surface area contributed by atoms with E-state index in [9.17, 15) is 18.0 Å². The topological polar surface area (TPSA) is 37.3 Å². The Morgan fingerprint density at radius 2 is 1.81 bits per heavy atom. The van der Waals surface area contributed by atoms with E-state index in [2.05, 4.69) is 0 Å². The molecule has 0 aliphatic carbocycles. The fraction of sp³-hybridized carbons (Fsp3) is 0.909. The van der Waals surface area contributed by atoms with Gasteiger partial charge in [-0.2, -0.15) is 13.2 Å². The lowest BCUT2D eigenvalue weighted by Crippen LogP contribution is -2.38. The highest BCUT2D eigenvalue weighted by Crippen LogP contribution is 2.46. The van der Waals surface area contributed by atoms with Crippen LogP contribution in [0.3, 0.4) is 0 Å². The van der Waals surface area contributed by atoms with E-state index in [-0.39, 0.29) is 19.3 Å². The Bertz CT molecular complexity index is 238. The lowest BCUT2D eigenvalue weighted by atomic mass is 9.76. The van der Waals surface area contributed by atoms with Crippen LogP contribution in [0.4, 0.5) is 13.2 Å². The fourth-order valence-electron chi connectivity index (χ4n) is 1.86. The summed E-state index contributed by atoms with van der Waals surface area (Å²) in [6.45, 7) is 4.38. The third kappa shape index (κ3) is 3.68. The van der Waals surface area contributed by atoms with Crippen molar-refractivity contribution in [2.45, 2.75) is 52.6 Å². The van der Waals surface area contributed by atoms with Crippen molar-refractivity contribution in [2.24, 2.45) is 11.3 Å². The molecular weight excluding hydrogens is 221 g/mol. The molecule has 0 fully saturated rings. The molecule has 1 N–H and O–H groups in total. The molecule has 0 aromatic heterocycles. The molecule has 5 heteroatoms. The Morgan fingerprint density at radius 1 is 1.31 bits per heavy atom. The molecular formula is C11H19F3O2. The summed E-state index contributed by atoms with van der Waals surface area (Å²) in [5, 5.41) is 8.80. The van der Waals surface area contributed by atoms with E-state index < -0.39 is 23.5 Å². The molecule has 16 heavy (non-hydrogen) atoms. The first-order valence-electron chi connectivity index (χ1n) is 5.47. The van der Waals surface area contributed by atoms with Gasteiger partial charge < -0.3 is 5.11 Å². The molecule has 0 aromatic rings. The molecule has 0 heterocycles. The number of carbonyl (C=O) groups is 1. The van der Waals surface area contributed by atoms with Crippen molar-refractivity contribution >= 4 is 5.97 Å². The highest BCUT2D eigenvalue weighted by Gasteiger charge is 2.51. The van der Waals surface area contributed by atoms with Gasteiger partial charge in [0.15, 0.2) is 0 Å². The molecule has 0 aromatic carbocycles. The van der Waals surface area contributed by atoms with Crippen LogP contribution in [0.25, 0.3) is 0 Å². The van der Waals surface area contributed by atoms with E-state index in [1.807, 2.05) is 0 Å². The van der Waals surface area contributed by atoms with E-state index >= 15 is 0 Å². The summed E-state index contributed by atoms with van der Waals surface area (Å²) in [6.07, 6.45) is -4.08. The van der Waals surface area contributed by atoms with Crippen molar-refractivity contribution in [3.8, 4) is 0 Å². The van der Waals surface area contributed by atoms with E-state index in [1.165, 1.54) is 0 Å². The molecule has 0 saturated carbocycles. The van der Waals surface area contributed by atoms with Crippen LogP contribution < -0.4 is 0 Å². The average Bonchev–Trinajstić information content (AvgIpc) is 2.12. The smallest absolute Gasteiger partial charge is 0.394 e. The van der Waals surface area contributed by atoms with Gasteiger partial charge in [0.25, 0.3) is 0 Å². The van der Waals surface area contributed by atoms with Gasteiger partial charge in [-0.15, -0.1) is 0 Å². The van der Waals surface area contributed by atoms with Gasteiger partial charge in [-0.05, 0) is 19.3 Å². The lowest BCUT2D eigenvalue weighted by molar-refractivity contribution is -0.227. The third-order valence-corrected chi connectivity index (χ3v) is 3.03. The van der Waals surface area contributed by atoms with Gasteiger partial charge in [-0.3, -0.25) is 4.79 Å². The maximum absolute atomic E-state index is 12.9. The second-order valence-corrected chi connectivity index (χ2v) is 4.46. The largest absolute Gasteiger partial charge is 0.481 e. The van der Waals surface area contributed by atoms with E-state index in [0.29, 0.717) is 6.42 Å². The number of halogens is 3. The number of hydrogen-bond acceptors (Lipinski definition) is 1. The minimum atomic E-state index is -4.34. The van der Waals surface area contributed by atoms with Crippen molar-refractivity contribution < 1.29 is 23.1 Å². The first-order valence-corrected chi connectivity index (χ1v) is 5.47. The normalized spacial score (nSPS) is 17.9. The molecule has 0 aliphatic heterocycles. The molecule has 96 valence electrons. The van der Waals surface area contributed by atoms with Gasteiger partial charge in [0, 0.05) is 0 Å². The predicted molar refractivity (Wildman–Crippen MR) is 55.1 cm³/mol. The molecule has 0 bridgehead atoms. The molecule has 2 unspecified atom stereocenters. The Labute approximate surface area is 93.8 Å². The Kier molecular flexibility index (Phi) is 5.29. The predicted octanol–water partition coefficient (Wildman–Crippen LogP) is 3.86. The fourth-order valence-corrected chi connectivity index (χ4v) is 1.86. The molecule has 0 spiro atoms. The van der Waals surface area contributed by atoms with E-state index in [0.717, 1.165) is 6.92 Å². The molecule has 0 saturated heterocycles. The van der Waals surface area contributed by atoms with Crippen LogP contribution in [0, 0.1) is 11.3 Å². The van der Waals surface area contributed by atoms with Crippen LogP contribution in [-0.4, -0.2) is 17.3 Å². The molecule has 2 nitrogen and oxygen atoms in total. The van der Waals surface area contributed by atoms with Crippen molar-refractivity contribution in [1.82, 2.24) is 0 Å². The number of rotatable bonds is 6. The number of alkyl halides is 3. The molecule has 2 atom stereocenters. The summed E-state index contributed by atoms with van der Waals surface area (Å²) in [7, 11) is 0. The number of hydrogen-bond donors (Lipinski definition) is 1. The monoisotopic (exact) mass is 240 g/mol. The number of carboxylic acids is 1. The second kappa shape index (κ2) is 5.55. The first kappa shape index (κ1) is 15.3. The quantitative estimate of drug-likeness (QED) is 0.765. The van der Waals surface area contributed by atoms with Crippen LogP contribution in [-0.2, 0) is 4.79 Å². The van der Waals surface area contributed by atoms with Gasteiger partial charge in [-0.25, -0.2) is 0 Å². The van der Waals surface area contributed by atoms with Crippen LogP contribution in [0.2, 0.25) is 0 Å². The lowest BCUT2D eigenvalue weighted by Gasteiger charge is -2.33. The van der Waals surface area contributed by atoms with Gasteiger partial charge >= 0.3 is 12.1 Å². The zero-order valence-electron chi connectivity index (χ0n) is 9.90. The summed E-state index contributed by atoms with van der Waals surface area (Å²) in [4.78, 5) is 10.8. The molecule has 0 rings (SSSR count).